The molecule has 1 aliphatic rings. The van der Waals surface area contributed by atoms with Gasteiger partial charge in [-0.1, -0.05) is 11.3 Å². The predicted molar refractivity (Wildman–Crippen MR) is 79.1 cm³/mol. The van der Waals surface area contributed by atoms with Gasteiger partial charge >= 0.3 is 0 Å². The molecule has 1 fully saturated rings. The highest BCUT2D eigenvalue weighted by Gasteiger charge is 2.27. The summed E-state index contributed by atoms with van der Waals surface area (Å²) in [4.78, 5) is 25.2. The van der Waals surface area contributed by atoms with Gasteiger partial charge in [0.25, 0.3) is 5.91 Å². The number of piperidine rings is 1. The molecule has 0 aliphatic carbocycles. The smallest absolute Gasteiger partial charge is 0.276 e. The number of aromatic nitrogens is 3. The van der Waals surface area contributed by atoms with E-state index in [2.05, 4.69) is 10.3 Å². The molecule has 2 aromatic rings. The molecule has 1 saturated heterocycles. The quantitative estimate of drug-likeness (QED) is 0.903. The normalized spacial score (nSPS) is 15.6. The number of primary amides is 1. The van der Waals surface area contributed by atoms with E-state index < -0.39 is 0 Å². The molecule has 1 aromatic heterocycles. The third-order valence-electron chi connectivity index (χ3n) is 3.97. The number of halogens is 1. The average molecular weight is 317 g/mol. The zero-order chi connectivity index (χ0) is 16.4. The molecule has 23 heavy (non-hydrogen) atoms. The first-order valence-electron chi connectivity index (χ1n) is 7.31. The molecule has 2 N–H and O–H groups in total. The maximum absolute atomic E-state index is 13.2. The van der Waals surface area contributed by atoms with E-state index in [1.807, 2.05) is 0 Å². The summed E-state index contributed by atoms with van der Waals surface area (Å²) >= 11 is 0. The van der Waals surface area contributed by atoms with E-state index in [1.54, 1.807) is 17.0 Å². The first-order valence-corrected chi connectivity index (χ1v) is 7.31. The summed E-state index contributed by atoms with van der Waals surface area (Å²) in [5, 5.41) is 7.72. The van der Waals surface area contributed by atoms with E-state index >= 15 is 0 Å². The van der Waals surface area contributed by atoms with Crippen LogP contribution in [0.4, 0.5) is 4.39 Å². The molecule has 0 spiro atoms. The lowest BCUT2D eigenvalue weighted by molar-refractivity contribution is -0.123. The van der Waals surface area contributed by atoms with Crippen LogP contribution in [0.1, 0.15) is 23.3 Å². The van der Waals surface area contributed by atoms with Crippen molar-refractivity contribution in [3.05, 3.63) is 42.0 Å². The zero-order valence-corrected chi connectivity index (χ0v) is 12.4. The number of hydrogen-bond donors (Lipinski definition) is 1. The number of amides is 2. The fourth-order valence-electron chi connectivity index (χ4n) is 2.64. The molecule has 0 bridgehead atoms. The van der Waals surface area contributed by atoms with Crippen LogP contribution in [0, 0.1) is 11.7 Å². The first-order chi connectivity index (χ1) is 11.0. The fraction of sp³-hybridized carbons (Fsp3) is 0.333. The summed E-state index contributed by atoms with van der Waals surface area (Å²) in [6, 6.07) is 5.86. The lowest BCUT2D eigenvalue weighted by Crippen LogP contribution is -2.41. The van der Waals surface area contributed by atoms with Crippen LogP contribution in [0.5, 0.6) is 0 Å². The van der Waals surface area contributed by atoms with Gasteiger partial charge in [0.1, 0.15) is 5.82 Å². The zero-order valence-electron chi connectivity index (χ0n) is 12.4. The van der Waals surface area contributed by atoms with Crippen molar-refractivity contribution in [2.45, 2.75) is 12.8 Å². The van der Waals surface area contributed by atoms with Gasteiger partial charge in [-0.3, -0.25) is 9.59 Å². The Kier molecular flexibility index (Phi) is 4.05. The molecule has 1 aliphatic heterocycles. The number of benzene rings is 1. The molecule has 0 radical (unpaired) electrons. The van der Waals surface area contributed by atoms with Crippen LogP contribution in [0.2, 0.25) is 0 Å². The molecule has 0 unspecified atom stereocenters. The second kappa shape index (κ2) is 6.15. The Morgan fingerprint density at radius 3 is 2.65 bits per heavy atom. The maximum Gasteiger partial charge on any atom is 0.276 e. The van der Waals surface area contributed by atoms with Gasteiger partial charge in [-0.05, 0) is 31.0 Å². The van der Waals surface area contributed by atoms with E-state index in [1.165, 1.54) is 23.0 Å². The highest BCUT2D eigenvalue weighted by Crippen LogP contribution is 2.18. The second-order valence-corrected chi connectivity index (χ2v) is 5.50. The average Bonchev–Trinajstić information content (AvgIpc) is 3.04. The Morgan fingerprint density at radius 2 is 2.00 bits per heavy atom. The monoisotopic (exact) mass is 317 g/mol. The topological polar surface area (TPSA) is 94.1 Å². The number of carbonyl (C=O) groups excluding carboxylic acids is 2. The van der Waals surface area contributed by atoms with E-state index in [9.17, 15) is 14.0 Å². The minimum atomic E-state index is -0.389. The SMILES string of the molecule is NC(=O)C1CCN(C(=O)c2cn(-c3cccc(F)c3)nn2)CC1. The summed E-state index contributed by atoms with van der Waals surface area (Å²) in [6.45, 7) is 0.915. The molecule has 0 atom stereocenters. The molecule has 2 amide bonds. The van der Waals surface area contributed by atoms with Crippen molar-refractivity contribution in [1.82, 2.24) is 19.9 Å². The van der Waals surface area contributed by atoms with Crippen LogP contribution in [-0.2, 0) is 4.79 Å². The molecule has 1 aromatic carbocycles. The van der Waals surface area contributed by atoms with Crippen LogP contribution in [0.25, 0.3) is 5.69 Å². The van der Waals surface area contributed by atoms with Crippen LogP contribution in [-0.4, -0.2) is 44.8 Å². The molecule has 120 valence electrons. The van der Waals surface area contributed by atoms with Crippen molar-refractivity contribution in [2.24, 2.45) is 11.7 Å². The van der Waals surface area contributed by atoms with Gasteiger partial charge in [-0.2, -0.15) is 0 Å². The Morgan fingerprint density at radius 1 is 1.26 bits per heavy atom. The highest BCUT2D eigenvalue weighted by atomic mass is 19.1. The summed E-state index contributed by atoms with van der Waals surface area (Å²) in [7, 11) is 0. The first kappa shape index (κ1) is 15.1. The van der Waals surface area contributed by atoms with Gasteiger partial charge in [0.15, 0.2) is 5.69 Å². The van der Waals surface area contributed by atoms with Crippen LogP contribution in [0.15, 0.2) is 30.5 Å². The molecule has 3 rings (SSSR count). The Bertz CT molecular complexity index is 737. The Hall–Kier alpha value is -2.77. The lowest BCUT2D eigenvalue weighted by Gasteiger charge is -2.29. The minimum Gasteiger partial charge on any atom is -0.369 e. The van der Waals surface area contributed by atoms with E-state index in [0.717, 1.165) is 0 Å². The molecular formula is C15H16FN5O2. The van der Waals surface area contributed by atoms with Gasteiger partial charge < -0.3 is 10.6 Å². The van der Waals surface area contributed by atoms with Crippen molar-refractivity contribution >= 4 is 11.8 Å². The third-order valence-corrected chi connectivity index (χ3v) is 3.97. The highest BCUT2D eigenvalue weighted by molar-refractivity contribution is 5.92. The Labute approximate surface area is 131 Å². The van der Waals surface area contributed by atoms with E-state index in [0.29, 0.717) is 31.6 Å². The van der Waals surface area contributed by atoms with Crippen LogP contribution in [0.3, 0.4) is 0 Å². The summed E-state index contributed by atoms with van der Waals surface area (Å²) in [6.07, 6.45) is 2.58. The van der Waals surface area contributed by atoms with Crippen molar-refractivity contribution in [2.75, 3.05) is 13.1 Å². The standard InChI is InChI=1S/C15H16FN5O2/c16-11-2-1-3-12(8-11)21-9-13(18-19-21)15(23)20-6-4-10(5-7-20)14(17)22/h1-3,8-10H,4-7H2,(H2,17,22). The number of hydrogen-bond acceptors (Lipinski definition) is 4. The van der Waals surface area contributed by atoms with Gasteiger partial charge in [-0.15, -0.1) is 5.10 Å². The van der Waals surface area contributed by atoms with Gasteiger partial charge in [-0.25, -0.2) is 9.07 Å². The third kappa shape index (κ3) is 3.20. The Balaban J connectivity index is 1.71. The van der Waals surface area contributed by atoms with Crippen molar-refractivity contribution in [3.63, 3.8) is 0 Å². The molecule has 8 heteroatoms. The number of carbonyl (C=O) groups is 2. The lowest BCUT2D eigenvalue weighted by atomic mass is 9.96. The number of likely N-dealkylation sites (tertiary alicyclic amines) is 1. The van der Waals surface area contributed by atoms with E-state index in [-0.39, 0.29) is 29.2 Å². The molecule has 7 nitrogen and oxygen atoms in total. The minimum absolute atomic E-state index is 0.179. The maximum atomic E-state index is 13.2. The van der Waals surface area contributed by atoms with Gasteiger partial charge in [0, 0.05) is 19.0 Å². The molecule has 0 saturated carbocycles. The van der Waals surface area contributed by atoms with Gasteiger partial charge in [0.2, 0.25) is 5.91 Å². The van der Waals surface area contributed by atoms with Crippen molar-refractivity contribution < 1.29 is 14.0 Å². The van der Waals surface area contributed by atoms with E-state index in [4.69, 9.17) is 5.73 Å². The number of rotatable bonds is 3. The number of nitrogens with zero attached hydrogens (tertiary/aromatic N) is 4. The van der Waals surface area contributed by atoms with Crippen LogP contribution < -0.4 is 5.73 Å². The molecule has 2 heterocycles. The summed E-state index contributed by atoms with van der Waals surface area (Å²) in [5.41, 5.74) is 5.96. The number of nitrogens with two attached hydrogens (primary N) is 1. The summed E-state index contributed by atoms with van der Waals surface area (Å²) < 4.78 is 14.6. The second-order valence-electron chi connectivity index (χ2n) is 5.50. The molecular weight excluding hydrogens is 301 g/mol. The summed E-state index contributed by atoms with van der Waals surface area (Å²) in [5.74, 6) is -1.15. The largest absolute Gasteiger partial charge is 0.369 e. The predicted octanol–water partition coefficient (Wildman–Crippen LogP) is 0.744. The van der Waals surface area contributed by atoms with Crippen molar-refractivity contribution in [3.8, 4) is 5.69 Å². The van der Waals surface area contributed by atoms with Crippen molar-refractivity contribution in [1.29, 1.82) is 0 Å². The fourth-order valence-corrected chi connectivity index (χ4v) is 2.64. The van der Waals surface area contributed by atoms with Crippen LogP contribution >= 0.6 is 0 Å². The van der Waals surface area contributed by atoms with Gasteiger partial charge in [0.05, 0.1) is 11.9 Å².